The molecular weight excluding hydrogens is 290 g/mol. The third-order valence-electron chi connectivity index (χ3n) is 4.09. The average Bonchev–Trinajstić information content (AvgIpc) is 2.87. The van der Waals surface area contributed by atoms with Crippen molar-refractivity contribution in [3.8, 4) is 0 Å². The first-order valence-corrected chi connectivity index (χ1v) is 7.24. The van der Waals surface area contributed by atoms with Gasteiger partial charge in [0.1, 0.15) is 12.4 Å². The molecular formula is C14H19N3O5. The molecule has 3 heterocycles. The Balaban J connectivity index is 1.74. The molecule has 0 radical (unpaired) electrons. The lowest BCUT2D eigenvalue weighted by Crippen LogP contribution is -2.61. The van der Waals surface area contributed by atoms with E-state index in [1.807, 2.05) is 0 Å². The Hall–Kier alpha value is -1.93. The standard InChI is InChI=1S/C14H19N3O5/c1-8-9(6-20-2)13(16-22-8)14(19)17-4-3-11-10(5-17)15-12(18)7-21-11/h10-11H,3-7H2,1-2H3,(H,15,18)/t10-,11-/m0/s1. The molecule has 0 aliphatic carbocycles. The molecule has 3 rings (SSSR count). The third kappa shape index (κ3) is 2.71. The summed E-state index contributed by atoms with van der Waals surface area (Å²) in [6.07, 6.45) is 0.659. The largest absolute Gasteiger partial charge is 0.380 e. The summed E-state index contributed by atoms with van der Waals surface area (Å²) in [5, 5.41) is 6.74. The second kappa shape index (κ2) is 6.05. The van der Waals surface area contributed by atoms with Crippen LogP contribution in [-0.2, 0) is 20.9 Å². The number of nitrogens with zero attached hydrogens (tertiary/aromatic N) is 2. The molecule has 2 atom stereocenters. The molecule has 0 spiro atoms. The van der Waals surface area contributed by atoms with Gasteiger partial charge in [-0.15, -0.1) is 0 Å². The number of amides is 2. The molecule has 2 aliphatic rings. The van der Waals surface area contributed by atoms with Crippen LogP contribution in [0.1, 0.15) is 28.2 Å². The lowest BCUT2D eigenvalue weighted by atomic mass is 10.00. The Bertz CT molecular complexity index is 585. The Labute approximate surface area is 127 Å². The van der Waals surface area contributed by atoms with Crippen molar-refractivity contribution in [1.29, 1.82) is 0 Å². The number of fused-ring (bicyclic) bond motifs is 1. The van der Waals surface area contributed by atoms with Gasteiger partial charge in [0, 0.05) is 20.2 Å². The molecule has 8 heteroatoms. The molecule has 0 unspecified atom stereocenters. The maximum atomic E-state index is 12.7. The van der Waals surface area contributed by atoms with E-state index in [4.69, 9.17) is 14.0 Å². The number of piperidine rings is 1. The van der Waals surface area contributed by atoms with Crippen molar-refractivity contribution in [2.45, 2.75) is 32.1 Å². The summed E-state index contributed by atoms with van der Waals surface area (Å²) in [7, 11) is 1.56. The van der Waals surface area contributed by atoms with E-state index in [2.05, 4.69) is 10.5 Å². The van der Waals surface area contributed by atoms with Crippen molar-refractivity contribution in [1.82, 2.24) is 15.4 Å². The number of aromatic nitrogens is 1. The average molecular weight is 309 g/mol. The molecule has 120 valence electrons. The Morgan fingerprint density at radius 2 is 2.36 bits per heavy atom. The lowest BCUT2D eigenvalue weighted by molar-refractivity contribution is -0.139. The molecule has 2 amide bonds. The molecule has 1 N–H and O–H groups in total. The number of hydrogen-bond acceptors (Lipinski definition) is 6. The fourth-order valence-corrected chi connectivity index (χ4v) is 2.91. The van der Waals surface area contributed by atoms with E-state index in [0.717, 1.165) is 0 Å². The Morgan fingerprint density at radius 1 is 1.55 bits per heavy atom. The number of rotatable bonds is 3. The van der Waals surface area contributed by atoms with Crippen LogP contribution >= 0.6 is 0 Å². The fraction of sp³-hybridized carbons (Fsp3) is 0.643. The van der Waals surface area contributed by atoms with Crippen LogP contribution in [-0.4, -0.2) is 60.8 Å². The van der Waals surface area contributed by atoms with Crippen molar-refractivity contribution < 1.29 is 23.6 Å². The van der Waals surface area contributed by atoms with Crippen LogP contribution in [0.5, 0.6) is 0 Å². The number of nitrogens with one attached hydrogen (secondary N) is 1. The van der Waals surface area contributed by atoms with Gasteiger partial charge in [-0.2, -0.15) is 0 Å². The topological polar surface area (TPSA) is 93.9 Å². The minimum Gasteiger partial charge on any atom is -0.380 e. The molecule has 2 aliphatic heterocycles. The first kappa shape index (κ1) is 15.0. The predicted molar refractivity (Wildman–Crippen MR) is 74.1 cm³/mol. The van der Waals surface area contributed by atoms with E-state index < -0.39 is 0 Å². The van der Waals surface area contributed by atoms with Gasteiger partial charge in [-0.3, -0.25) is 9.59 Å². The number of carbonyl (C=O) groups excluding carboxylic acids is 2. The van der Waals surface area contributed by atoms with Gasteiger partial charge in [-0.1, -0.05) is 5.16 Å². The highest BCUT2D eigenvalue weighted by Gasteiger charge is 2.37. The number of methoxy groups -OCH3 is 1. The van der Waals surface area contributed by atoms with Crippen LogP contribution < -0.4 is 5.32 Å². The highest BCUT2D eigenvalue weighted by Crippen LogP contribution is 2.21. The summed E-state index contributed by atoms with van der Waals surface area (Å²) in [5.41, 5.74) is 0.944. The SMILES string of the molecule is COCc1c(C(=O)N2CC[C@@H]3OCC(=O)N[C@H]3C2)noc1C. The van der Waals surface area contributed by atoms with E-state index >= 15 is 0 Å². The molecule has 0 bridgehead atoms. The van der Waals surface area contributed by atoms with Crippen LogP contribution in [0.15, 0.2) is 4.52 Å². The number of carbonyl (C=O) groups is 2. The third-order valence-corrected chi connectivity index (χ3v) is 4.09. The predicted octanol–water partition coefficient (Wildman–Crippen LogP) is -0.141. The van der Waals surface area contributed by atoms with Crippen LogP contribution in [0.4, 0.5) is 0 Å². The van der Waals surface area contributed by atoms with Gasteiger partial charge in [0.25, 0.3) is 5.91 Å². The molecule has 1 aromatic heterocycles. The summed E-state index contributed by atoms with van der Waals surface area (Å²) in [6, 6.07) is -0.169. The van der Waals surface area contributed by atoms with E-state index in [0.29, 0.717) is 30.8 Å². The second-order valence-corrected chi connectivity index (χ2v) is 5.56. The molecule has 0 aromatic carbocycles. The Morgan fingerprint density at radius 3 is 3.14 bits per heavy atom. The quantitative estimate of drug-likeness (QED) is 0.835. The van der Waals surface area contributed by atoms with Crippen molar-refractivity contribution in [2.75, 3.05) is 26.8 Å². The van der Waals surface area contributed by atoms with E-state index in [1.54, 1.807) is 18.9 Å². The summed E-state index contributed by atoms with van der Waals surface area (Å²) >= 11 is 0. The summed E-state index contributed by atoms with van der Waals surface area (Å²) in [6.45, 7) is 3.09. The molecule has 22 heavy (non-hydrogen) atoms. The van der Waals surface area contributed by atoms with E-state index in [9.17, 15) is 9.59 Å². The van der Waals surface area contributed by atoms with Gasteiger partial charge >= 0.3 is 0 Å². The second-order valence-electron chi connectivity index (χ2n) is 5.56. The Kier molecular flexibility index (Phi) is 4.12. The zero-order chi connectivity index (χ0) is 15.7. The van der Waals surface area contributed by atoms with Crippen molar-refractivity contribution >= 4 is 11.8 Å². The van der Waals surface area contributed by atoms with Gasteiger partial charge < -0.3 is 24.2 Å². The number of morpholine rings is 1. The minimum absolute atomic E-state index is 0.0285. The van der Waals surface area contributed by atoms with Gasteiger partial charge in [0.05, 0.1) is 24.3 Å². The fourth-order valence-electron chi connectivity index (χ4n) is 2.91. The van der Waals surface area contributed by atoms with Gasteiger partial charge in [0.15, 0.2) is 5.69 Å². The number of ether oxygens (including phenoxy) is 2. The molecule has 0 saturated carbocycles. The highest BCUT2D eigenvalue weighted by molar-refractivity contribution is 5.94. The zero-order valence-electron chi connectivity index (χ0n) is 12.6. The highest BCUT2D eigenvalue weighted by atomic mass is 16.5. The van der Waals surface area contributed by atoms with Crippen molar-refractivity contribution in [3.63, 3.8) is 0 Å². The molecule has 8 nitrogen and oxygen atoms in total. The van der Waals surface area contributed by atoms with Crippen molar-refractivity contribution in [2.24, 2.45) is 0 Å². The molecule has 1 aromatic rings. The molecule has 2 saturated heterocycles. The number of aryl methyl sites for hydroxylation is 1. The summed E-state index contributed by atoms with van der Waals surface area (Å²) in [4.78, 5) is 25.8. The monoisotopic (exact) mass is 309 g/mol. The van der Waals surface area contributed by atoms with Crippen LogP contribution in [0, 0.1) is 6.92 Å². The summed E-state index contributed by atoms with van der Waals surface area (Å²) < 4.78 is 15.7. The lowest BCUT2D eigenvalue weighted by Gasteiger charge is -2.40. The van der Waals surface area contributed by atoms with Crippen LogP contribution in [0.25, 0.3) is 0 Å². The minimum atomic E-state index is -0.206. The maximum Gasteiger partial charge on any atom is 0.276 e. The number of likely N-dealkylation sites (tertiary alicyclic amines) is 1. The molecule has 2 fully saturated rings. The summed E-state index contributed by atoms with van der Waals surface area (Å²) in [5.74, 6) is 0.226. The van der Waals surface area contributed by atoms with Crippen LogP contribution in [0.2, 0.25) is 0 Å². The van der Waals surface area contributed by atoms with Gasteiger partial charge in [-0.05, 0) is 13.3 Å². The van der Waals surface area contributed by atoms with Gasteiger partial charge in [-0.25, -0.2) is 0 Å². The number of hydrogen-bond donors (Lipinski definition) is 1. The van der Waals surface area contributed by atoms with Crippen molar-refractivity contribution in [3.05, 3.63) is 17.0 Å². The maximum absolute atomic E-state index is 12.7. The van der Waals surface area contributed by atoms with Gasteiger partial charge in [0.2, 0.25) is 5.91 Å². The normalized spacial score (nSPS) is 24.8. The first-order chi connectivity index (χ1) is 10.6. The first-order valence-electron chi connectivity index (χ1n) is 7.24. The van der Waals surface area contributed by atoms with E-state index in [-0.39, 0.29) is 42.9 Å². The smallest absolute Gasteiger partial charge is 0.276 e. The zero-order valence-corrected chi connectivity index (χ0v) is 12.6. The van der Waals surface area contributed by atoms with Crippen LogP contribution in [0.3, 0.4) is 0 Å². The van der Waals surface area contributed by atoms with E-state index in [1.165, 1.54) is 0 Å².